The Bertz CT molecular complexity index is 211. The molecule has 1 unspecified atom stereocenters. The van der Waals surface area contributed by atoms with E-state index in [0.29, 0.717) is 6.54 Å². The predicted octanol–water partition coefficient (Wildman–Crippen LogP) is 1.00. The third kappa shape index (κ3) is 4.96. The number of carbonyl (C=O) groups excluding carboxylic acids is 1. The van der Waals surface area contributed by atoms with Gasteiger partial charge in [-0.3, -0.25) is 4.79 Å². The fourth-order valence-electron chi connectivity index (χ4n) is 0.786. The number of rotatable bonds is 6. The van der Waals surface area contributed by atoms with Gasteiger partial charge in [0.2, 0.25) is 5.91 Å². The second-order valence-electron chi connectivity index (χ2n) is 3.06. The molecule has 0 aromatic rings. The molecule has 0 aliphatic rings. The molecule has 2 N–H and O–H groups in total. The molecule has 0 fully saturated rings. The van der Waals surface area contributed by atoms with Gasteiger partial charge < -0.3 is 10.6 Å². The van der Waals surface area contributed by atoms with Crippen LogP contribution in [0.4, 0.5) is 17.6 Å². The summed E-state index contributed by atoms with van der Waals surface area (Å²) in [7, 11) is 0. The predicted molar refractivity (Wildman–Crippen MR) is 47.1 cm³/mol. The Labute approximate surface area is 85.2 Å². The highest BCUT2D eigenvalue weighted by atomic mass is 19.3. The smallest absolute Gasteiger partial charge is 0.319 e. The number of hydrogen-bond donors (Lipinski definition) is 2. The van der Waals surface area contributed by atoms with Crippen LogP contribution in [0.3, 0.4) is 0 Å². The summed E-state index contributed by atoms with van der Waals surface area (Å²) in [5.41, 5.74) is 0. The molecule has 0 saturated heterocycles. The van der Waals surface area contributed by atoms with Crippen LogP contribution < -0.4 is 10.6 Å². The molecule has 0 heterocycles. The first-order valence-corrected chi connectivity index (χ1v) is 4.48. The number of alkyl halides is 4. The maximum Gasteiger partial charge on any atom is 0.319 e. The molecule has 3 nitrogen and oxygen atoms in total. The minimum Gasteiger partial charge on any atom is -0.355 e. The van der Waals surface area contributed by atoms with Gasteiger partial charge >= 0.3 is 12.3 Å². The normalized spacial score (nSPS) is 14.1. The molecule has 15 heavy (non-hydrogen) atoms. The standard InChI is InChI=1S/C8H14F4N2O/c1-3-13-6(15)5(2)14-4-8(11,12)7(9)10/h5,7,14H,3-4H2,1-2H3,(H,13,15). The van der Waals surface area contributed by atoms with Crippen LogP contribution in [-0.2, 0) is 4.79 Å². The molecule has 0 aliphatic heterocycles. The van der Waals surface area contributed by atoms with Crippen molar-refractivity contribution in [2.45, 2.75) is 32.2 Å². The van der Waals surface area contributed by atoms with E-state index in [1.165, 1.54) is 6.92 Å². The lowest BCUT2D eigenvalue weighted by atomic mass is 10.2. The first-order valence-electron chi connectivity index (χ1n) is 4.48. The van der Waals surface area contributed by atoms with Gasteiger partial charge in [0, 0.05) is 6.54 Å². The maximum absolute atomic E-state index is 12.4. The fourth-order valence-corrected chi connectivity index (χ4v) is 0.786. The van der Waals surface area contributed by atoms with Crippen molar-refractivity contribution in [2.75, 3.05) is 13.1 Å². The zero-order valence-electron chi connectivity index (χ0n) is 8.49. The van der Waals surface area contributed by atoms with E-state index in [-0.39, 0.29) is 0 Å². The van der Waals surface area contributed by atoms with E-state index in [9.17, 15) is 22.4 Å². The number of carbonyl (C=O) groups is 1. The van der Waals surface area contributed by atoms with E-state index < -0.39 is 30.8 Å². The van der Waals surface area contributed by atoms with E-state index in [1.54, 1.807) is 6.92 Å². The molecular weight excluding hydrogens is 216 g/mol. The van der Waals surface area contributed by atoms with Gasteiger partial charge in [0.05, 0.1) is 12.6 Å². The molecule has 0 radical (unpaired) electrons. The van der Waals surface area contributed by atoms with Gasteiger partial charge in [0.25, 0.3) is 0 Å². The van der Waals surface area contributed by atoms with Crippen LogP contribution in [0.25, 0.3) is 0 Å². The summed E-state index contributed by atoms with van der Waals surface area (Å²) in [5.74, 6) is -4.61. The monoisotopic (exact) mass is 230 g/mol. The van der Waals surface area contributed by atoms with Gasteiger partial charge in [-0.2, -0.15) is 8.78 Å². The third-order valence-electron chi connectivity index (χ3n) is 1.71. The van der Waals surface area contributed by atoms with Crippen molar-refractivity contribution in [1.29, 1.82) is 0 Å². The van der Waals surface area contributed by atoms with Gasteiger partial charge in [0.1, 0.15) is 0 Å². The second kappa shape index (κ2) is 5.89. The van der Waals surface area contributed by atoms with E-state index in [4.69, 9.17) is 0 Å². The first kappa shape index (κ1) is 14.2. The Kier molecular flexibility index (Phi) is 5.56. The van der Waals surface area contributed by atoms with Crippen molar-refractivity contribution >= 4 is 5.91 Å². The van der Waals surface area contributed by atoms with Crippen LogP contribution in [-0.4, -0.2) is 37.4 Å². The van der Waals surface area contributed by atoms with Crippen molar-refractivity contribution in [2.24, 2.45) is 0 Å². The molecule has 7 heteroatoms. The third-order valence-corrected chi connectivity index (χ3v) is 1.71. The lowest BCUT2D eigenvalue weighted by Crippen LogP contribution is -2.48. The van der Waals surface area contributed by atoms with Gasteiger partial charge in [-0.1, -0.05) is 0 Å². The van der Waals surface area contributed by atoms with Gasteiger partial charge in [-0.05, 0) is 13.8 Å². The molecule has 0 saturated carbocycles. The number of halogens is 4. The molecule has 0 aromatic carbocycles. The van der Waals surface area contributed by atoms with Crippen LogP contribution in [0, 0.1) is 0 Å². The highest BCUT2D eigenvalue weighted by Gasteiger charge is 2.40. The fraction of sp³-hybridized carbons (Fsp3) is 0.875. The summed E-state index contributed by atoms with van der Waals surface area (Å²) in [6.45, 7) is 2.13. The number of nitrogens with one attached hydrogen (secondary N) is 2. The van der Waals surface area contributed by atoms with Crippen molar-refractivity contribution in [1.82, 2.24) is 10.6 Å². The van der Waals surface area contributed by atoms with Gasteiger partial charge in [-0.25, -0.2) is 8.78 Å². The maximum atomic E-state index is 12.4. The molecule has 0 spiro atoms. The number of likely N-dealkylation sites (N-methyl/N-ethyl adjacent to an activating group) is 1. The van der Waals surface area contributed by atoms with E-state index in [1.807, 2.05) is 5.32 Å². The molecule has 90 valence electrons. The van der Waals surface area contributed by atoms with Crippen LogP contribution in [0.5, 0.6) is 0 Å². The molecule has 0 aliphatic carbocycles. The van der Waals surface area contributed by atoms with Crippen molar-refractivity contribution in [3.05, 3.63) is 0 Å². The molecule has 0 rings (SSSR count). The molecular formula is C8H14F4N2O. The van der Waals surface area contributed by atoms with Crippen LogP contribution in [0.1, 0.15) is 13.8 Å². The lowest BCUT2D eigenvalue weighted by molar-refractivity contribution is -0.131. The Morgan fingerprint density at radius 2 is 1.93 bits per heavy atom. The first-order chi connectivity index (χ1) is 6.81. The minimum atomic E-state index is -4.11. The zero-order chi connectivity index (χ0) is 12.1. The molecule has 1 atom stereocenters. The number of hydrogen-bond acceptors (Lipinski definition) is 2. The number of amides is 1. The Balaban J connectivity index is 3.99. The average Bonchev–Trinajstić information content (AvgIpc) is 2.14. The van der Waals surface area contributed by atoms with Crippen molar-refractivity contribution in [3.63, 3.8) is 0 Å². The summed E-state index contributed by atoms with van der Waals surface area (Å²) in [4.78, 5) is 11.0. The Morgan fingerprint density at radius 3 is 2.33 bits per heavy atom. The van der Waals surface area contributed by atoms with E-state index in [2.05, 4.69) is 5.32 Å². The van der Waals surface area contributed by atoms with Crippen molar-refractivity contribution in [3.8, 4) is 0 Å². The van der Waals surface area contributed by atoms with Crippen LogP contribution in [0.15, 0.2) is 0 Å². The summed E-state index contributed by atoms with van der Waals surface area (Å²) < 4.78 is 48.3. The largest absolute Gasteiger partial charge is 0.355 e. The lowest BCUT2D eigenvalue weighted by Gasteiger charge is -2.19. The zero-order valence-corrected chi connectivity index (χ0v) is 8.49. The second-order valence-corrected chi connectivity index (χ2v) is 3.06. The highest BCUT2D eigenvalue weighted by molar-refractivity contribution is 5.81. The van der Waals surface area contributed by atoms with Crippen LogP contribution >= 0.6 is 0 Å². The minimum absolute atomic E-state index is 0.357. The molecule has 1 amide bonds. The topological polar surface area (TPSA) is 41.1 Å². The van der Waals surface area contributed by atoms with Crippen molar-refractivity contribution < 1.29 is 22.4 Å². The Morgan fingerprint density at radius 1 is 1.40 bits per heavy atom. The summed E-state index contributed by atoms with van der Waals surface area (Å²) in [5, 5.41) is 4.42. The highest BCUT2D eigenvalue weighted by Crippen LogP contribution is 2.21. The summed E-state index contributed by atoms with van der Waals surface area (Å²) in [6, 6.07) is -0.922. The molecule has 0 aromatic heterocycles. The van der Waals surface area contributed by atoms with Gasteiger partial charge in [-0.15, -0.1) is 0 Å². The van der Waals surface area contributed by atoms with E-state index >= 15 is 0 Å². The molecule has 0 bridgehead atoms. The average molecular weight is 230 g/mol. The van der Waals surface area contributed by atoms with Crippen LogP contribution in [0.2, 0.25) is 0 Å². The Hall–Kier alpha value is -0.850. The SMILES string of the molecule is CCNC(=O)C(C)NCC(F)(F)C(F)F. The summed E-state index contributed by atoms with van der Waals surface area (Å²) >= 11 is 0. The van der Waals surface area contributed by atoms with Gasteiger partial charge in [0.15, 0.2) is 0 Å². The summed E-state index contributed by atoms with van der Waals surface area (Å²) in [6.07, 6.45) is -3.73. The quantitative estimate of drug-likeness (QED) is 0.668. The van der Waals surface area contributed by atoms with E-state index in [0.717, 1.165) is 0 Å².